The van der Waals surface area contributed by atoms with E-state index in [0.717, 1.165) is 50.9 Å². The third kappa shape index (κ3) is 5.37. The maximum atomic E-state index is 9.43. The molecule has 0 amide bonds. The first-order valence-electron chi connectivity index (χ1n) is 7.97. The molecule has 2 rings (SSSR count). The highest BCUT2D eigenvalue weighted by Crippen LogP contribution is 2.18. The number of hydrogen-bond acceptors (Lipinski definition) is 6. The minimum Gasteiger partial charge on any atom is -0.392 e. The van der Waals surface area contributed by atoms with E-state index in [4.69, 9.17) is 4.52 Å². The number of rotatable bonds is 7. The molecular formula is C15H28N4O2. The highest BCUT2D eigenvalue weighted by Gasteiger charge is 2.21. The summed E-state index contributed by atoms with van der Waals surface area (Å²) >= 11 is 0. The van der Waals surface area contributed by atoms with Gasteiger partial charge in [-0.05, 0) is 45.8 Å². The average Bonchev–Trinajstić information content (AvgIpc) is 2.88. The van der Waals surface area contributed by atoms with Gasteiger partial charge in [0.2, 0.25) is 5.89 Å². The summed E-state index contributed by atoms with van der Waals surface area (Å²) < 4.78 is 5.14. The van der Waals surface area contributed by atoms with Crippen LogP contribution in [0.3, 0.4) is 0 Å². The normalized spacial score (nSPS) is 19.3. The van der Waals surface area contributed by atoms with Crippen molar-refractivity contribution in [2.75, 3.05) is 33.2 Å². The first kappa shape index (κ1) is 16.4. The molecule has 2 heterocycles. The molecule has 1 N–H and O–H groups in total. The Hall–Kier alpha value is -0.980. The predicted octanol–water partition coefficient (Wildman–Crippen LogP) is 1.16. The molecule has 6 nitrogen and oxygen atoms in total. The number of piperidine rings is 1. The Balaban J connectivity index is 1.70. The fraction of sp³-hybridized carbons (Fsp3) is 0.867. The Kier molecular flexibility index (Phi) is 6.14. The van der Waals surface area contributed by atoms with Crippen molar-refractivity contribution in [1.29, 1.82) is 0 Å². The van der Waals surface area contributed by atoms with Crippen LogP contribution in [0.15, 0.2) is 4.52 Å². The summed E-state index contributed by atoms with van der Waals surface area (Å²) in [5.41, 5.74) is 0. The number of β-amino-alcohol motifs (C(OH)–C–C–N with tert-alkyl or cyclic N) is 1. The maximum absolute atomic E-state index is 9.43. The van der Waals surface area contributed by atoms with Gasteiger partial charge in [-0.1, -0.05) is 12.1 Å². The molecule has 1 atom stereocenters. The van der Waals surface area contributed by atoms with Crippen molar-refractivity contribution in [3.63, 3.8) is 0 Å². The molecule has 0 bridgehead atoms. The summed E-state index contributed by atoms with van der Waals surface area (Å²) in [6.07, 6.45) is 2.96. The molecule has 6 heteroatoms. The van der Waals surface area contributed by atoms with Crippen LogP contribution in [0.5, 0.6) is 0 Å². The number of likely N-dealkylation sites (tertiary alicyclic amines) is 1. The summed E-state index contributed by atoms with van der Waals surface area (Å²) in [5, 5.41) is 13.4. The minimum atomic E-state index is -0.227. The fourth-order valence-corrected chi connectivity index (χ4v) is 2.97. The van der Waals surface area contributed by atoms with Gasteiger partial charge in [0, 0.05) is 19.5 Å². The smallest absolute Gasteiger partial charge is 0.226 e. The van der Waals surface area contributed by atoms with Crippen LogP contribution >= 0.6 is 0 Å². The lowest BCUT2D eigenvalue weighted by Crippen LogP contribution is -2.40. The molecule has 1 aliphatic rings. The van der Waals surface area contributed by atoms with Gasteiger partial charge in [-0.2, -0.15) is 4.98 Å². The Morgan fingerprint density at radius 2 is 2.14 bits per heavy atom. The monoisotopic (exact) mass is 296 g/mol. The first-order chi connectivity index (χ1) is 10.1. The molecule has 1 aromatic rings. The molecule has 0 aliphatic carbocycles. The van der Waals surface area contributed by atoms with E-state index >= 15 is 0 Å². The van der Waals surface area contributed by atoms with Gasteiger partial charge in [0.05, 0.1) is 12.6 Å². The molecule has 0 unspecified atom stereocenters. The number of aromatic nitrogens is 2. The van der Waals surface area contributed by atoms with E-state index in [2.05, 4.69) is 27.0 Å². The lowest BCUT2D eigenvalue weighted by molar-refractivity contribution is 0.0916. The van der Waals surface area contributed by atoms with Crippen molar-refractivity contribution < 1.29 is 9.63 Å². The third-order valence-corrected chi connectivity index (χ3v) is 4.02. The topological polar surface area (TPSA) is 65.6 Å². The number of aliphatic hydroxyl groups excluding tert-OH is 1. The summed E-state index contributed by atoms with van der Waals surface area (Å²) in [4.78, 5) is 8.98. The van der Waals surface area contributed by atoms with Crippen molar-refractivity contribution >= 4 is 0 Å². The van der Waals surface area contributed by atoms with E-state index in [1.165, 1.54) is 12.8 Å². The molecule has 0 spiro atoms. The van der Waals surface area contributed by atoms with Gasteiger partial charge in [-0.3, -0.25) is 4.90 Å². The van der Waals surface area contributed by atoms with Gasteiger partial charge in [0.15, 0.2) is 5.82 Å². The van der Waals surface area contributed by atoms with Crippen molar-refractivity contribution in [1.82, 2.24) is 19.9 Å². The molecule has 21 heavy (non-hydrogen) atoms. The van der Waals surface area contributed by atoms with E-state index in [0.29, 0.717) is 5.89 Å². The molecule has 1 aromatic heterocycles. The first-order valence-corrected chi connectivity index (χ1v) is 7.97. The van der Waals surface area contributed by atoms with E-state index in [9.17, 15) is 5.11 Å². The average molecular weight is 296 g/mol. The van der Waals surface area contributed by atoms with Crippen LogP contribution in [-0.2, 0) is 13.0 Å². The molecule has 1 fully saturated rings. The predicted molar refractivity (Wildman–Crippen MR) is 80.9 cm³/mol. The minimum absolute atomic E-state index is 0.227. The molecule has 0 aromatic carbocycles. The fourth-order valence-electron chi connectivity index (χ4n) is 2.97. The summed E-state index contributed by atoms with van der Waals surface area (Å²) in [7, 11) is 2.12. The van der Waals surface area contributed by atoms with E-state index < -0.39 is 0 Å². The van der Waals surface area contributed by atoms with Crippen LogP contribution in [0, 0.1) is 5.92 Å². The lowest BCUT2D eigenvalue weighted by Gasteiger charge is -2.34. The van der Waals surface area contributed by atoms with Gasteiger partial charge >= 0.3 is 0 Å². The quantitative estimate of drug-likeness (QED) is 0.814. The molecule has 1 saturated heterocycles. The largest absolute Gasteiger partial charge is 0.392 e. The van der Waals surface area contributed by atoms with Gasteiger partial charge in [-0.25, -0.2) is 0 Å². The van der Waals surface area contributed by atoms with Crippen LogP contribution in [0.25, 0.3) is 0 Å². The van der Waals surface area contributed by atoms with Crippen molar-refractivity contribution in [3.05, 3.63) is 11.7 Å². The SMILES string of the molecule is CCc1nc(CN(C)CC2CCN(C[C@@H](C)O)CC2)no1. The third-order valence-electron chi connectivity index (χ3n) is 4.02. The van der Waals surface area contributed by atoms with Crippen molar-refractivity contribution in [2.24, 2.45) is 5.92 Å². The van der Waals surface area contributed by atoms with Crippen LogP contribution in [-0.4, -0.2) is 64.4 Å². The Morgan fingerprint density at radius 3 is 2.71 bits per heavy atom. The summed E-state index contributed by atoms with van der Waals surface area (Å²) in [6.45, 7) is 8.66. The Bertz CT molecular complexity index is 414. The second-order valence-corrected chi connectivity index (χ2v) is 6.25. The zero-order valence-electron chi connectivity index (χ0n) is 13.5. The van der Waals surface area contributed by atoms with Gasteiger partial charge in [0.25, 0.3) is 0 Å². The van der Waals surface area contributed by atoms with Crippen LogP contribution in [0.1, 0.15) is 38.4 Å². The highest BCUT2D eigenvalue weighted by molar-refractivity contribution is 4.86. The zero-order chi connectivity index (χ0) is 15.2. The van der Waals surface area contributed by atoms with Crippen LogP contribution in [0.2, 0.25) is 0 Å². The molecule has 120 valence electrons. The van der Waals surface area contributed by atoms with E-state index in [1.807, 2.05) is 13.8 Å². The van der Waals surface area contributed by atoms with Gasteiger partial charge < -0.3 is 14.5 Å². The standard InChI is InChI=1S/C15H28N4O2/c1-4-15-16-14(17-21-15)11-18(3)10-13-5-7-19(8-6-13)9-12(2)20/h12-13,20H,4-11H2,1-3H3/t12-/m1/s1. The molecule has 0 saturated carbocycles. The maximum Gasteiger partial charge on any atom is 0.226 e. The van der Waals surface area contributed by atoms with Crippen LogP contribution in [0.4, 0.5) is 0 Å². The lowest BCUT2D eigenvalue weighted by atomic mass is 9.96. The number of aliphatic hydroxyl groups is 1. The Morgan fingerprint density at radius 1 is 1.43 bits per heavy atom. The van der Waals surface area contributed by atoms with E-state index in [-0.39, 0.29) is 6.10 Å². The number of nitrogens with zero attached hydrogens (tertiary/aromatic N) is 4. The second kappa shape index (κ2) is 7.87. The number of hydrogen-bond donors (Lipinski definition) is 1. The van der Waals surface area contributed by atoms with Gasteiger partial charge in [0.1, 0.15) is 0 Å². The van der Waals surface area contributed by atoms with Crippen LogP contribution < -0.4 is 0 Å². The highest BCUT2D eigenvalue weighted by atomic mass is 16.5. The molecule has 1 aliphatic heterocycles. The summed E-state index contributed by atoms with van der Waals surface area (Å²) in [6, 6.07) is 0. The van der Waals surface area contributed by atoms with Crippen molar-refractivity contribution in [2.45, 2.75) is 45.8 Å². The Labute approximate surface area is 127 Å². The van der Waals surface area contributed by atoms with Crippen molar-refractivity contribution in [3.8, 4) is 0 Å². The zero-order valence-corrected chi connectivity index (χ0v) is 13.5. The van der Waals surface area contributed by atoms with Gasteiger partial charge in [-0.15, -0.1) is 0 Å². The molecular weight excluding hydrogens is 268 g/mol. The second-order valence-electron chi connectivity index (χ2n) is 6.25. The molecule has 0 radical (unpaired) electrons. The number of aryl methyl sites for hydroxylation is 1. The van der Waals surface area contributed by atoms with E-state index in [1.54, 1.807) is 0 Å². The summed E-state index contributed by atoms with van der Waals surface area (Å²) in [5.74, 6) is 2.21.